The number of hydrogen-bond acceptors (Lipinski definition) is 2. The Hall–Kier alpha value is -0.155. The van der Waals surface area contributed by atoms with E-state index in [0.717, 1.165) is 19.6 Å². The van der Waals surface area contributed by atoms with Crippen molar-refractivity contribution in [1.29, 1.82) is 0 Å². The summed E-state index contributed by atoms with van der Waals surface area (Å²) in [6, 6.07) is 0.562. The lowest BCUT2D eigenvalue weighted by atomic mass is 9.97. The third kappa shape index (κ3) is 2.20. The standard InChI is InChI=1S/C8H15BF2N2/c10-9(11)7-12-4-5-13-3-1-2-8(13)6-12/h8H,1-7H2/t8-/m0/s1. The lowest BCUT2D eigenvalue weighted by Gasteiger charge is -2.37. The van der Waals surface area contributed by atoms with Crippen LogP contribution in [0.4, 0.5) is 8.63 Å². The van der Waals surface area contributed by atoms with Crippen LogP contribution in [0.1, 0.15) is 12.8 Å². The molecule has 0 spiro atoms. The van der Waals surface area contributed by atoms with Crippen LogP contribution in [0, 0.1) is 0 Å². The first-order valence-electron chi connectivity index (χ1n) is 5.00. The summed E-state index contributed by atoms with van der Waals surface area (Å²) in [6.07, 6.45) is 2.40. The summed E-state index contributed by atoms with van der Waals surface area (Å²) >= 11 is 0. The molecule has 0 aromatic carbocycles. The fourth-order valence-electron chi connectivity index (χ4n) is 2.42. The summed E-state index contributed by atoms with van der Waals surface area (Å²) in [5, 5.41) is 0. The minimum atomic E-state index is -2.17. The van der Waals surface area contributed by atoms with Crippen molar-refractivity contribution in [3.8, 4) is 0 Å². The number of nitrogens with zero attached hydrogens (tertiary/aromatic N) is 2. The topological polar surface area (TPSA) is 6.48 Å². The summed E-state index contributed by atoms with van der Waals surface area (Å²) in [5.41, 5.74) is 0. The molecule has 0 bridgehead atoms. The molecule has 2 rings (SSSR count). The van der Waals surface area contributed by atoms with E-state index in [2.05, 4.69) is 4.90 Å². The summed E-state index contributed by atoms with van der Waals surface area (Å²) < 4.78 is 24.2. The number of halogens is 2. The van der Waals surface area contributed by atoms with Gasteiger partial charge in [-0.1, -0.05) is 0 Å². The average molecular weight is 188 g/mol. The maximum Gasteiger partial charge on any atom is 0.551 e. The molecule has 1 atom stereocenters. The van der Waals surface area contributed by atoms with Crippen LogP contribution in [0.3, 0.4) is 0 Å². The lowest BCUT2D eigenvalue weighted by molar-refractivity contribution is 0.115. The quantitative estimate of drug-likeness (QED) is 0.589. The fraction of sp³-hybridized carbons (Fsp3) is 1.00. The predicted octanol–water partition coefficient (Wildman–Crippen LogP) is 0.733. The zero-order chi connectivity index (χ0) is 9.26. The molecule has 74 valence electrons. The first-order chi connectivity index (χ1) is 6.25. The molecular formula is C8H15BF2N2. The van der Waals surface area contributed by atoms with Crippen LogP contribution in [-0.4, -0.2) is 55.7 Å². The highest BCUT2D eigenvalue weighted by Gasteiger charge is 2.32. The molecule has 0 aromatic rings. The second-order valence-electron chi connectivity index (χ2n) is 3.98. The zero-order valence-corrected chi connectivity index (χ0v) is 7.75. The molecule has 13 heavy (non-hydrogen) atoms. The molecule has 2 aliphatic heterocycles. The van der Waals surface area contributed by atoms with Crippen LogP contribution in [0.25, 0.3) is 0 Å². The summed E-state index contributed by atoms with van der Waals surface area (Å²) in [5.74, 6) is 0. The molecule has 5 heteroatoms. The fourth-order valence-corrected chi connectivity index (χ4v) is 2.42. The van der Waals surface area contributed by atoms with Crippen LogP contribution in [0.15, 0.2) is 0 Å². The molecule has 2 aliphatic rings. The average Bonchev–Trinajstić information content (AvgIpc) is 2.49. The first kappa shape index (κ1) is 9.40. The summed E-state index contributed by atoms with van der Waals surface area (Å²) in [7, 11) is -2.17. The van der Waals surface area contributed by atoms with Gasteiger partial charge in [0.2, 0.25) is 0 Å². The Morgan fingerprint density at radius 2 is 2.08 bits per heavy atom. The zero-order valence-electron chi connectivity index (χ0n) is 7.75. The second-order valence-corrected chi connectivity index (χ2v) is 3.98. The van der Waals surface area contributed by atoms with Crippen LogP contribution >= 0.6 is 0 Å². The highest BCUT2D eigenvalue weighted by atomic mass is 19.2. The van der Waals surface area contributed by atoms with Crippen LogP contribution in [0.5, 0.6) is 0 Å². The normalized spacial score (nSPS) is 30.5. The predicted molar refractivity (Wildman–Crippen MR) is 49.0 cm³/mol. The van der Waals surface area contributed by atoms with Crippen molar-refractivity contribution in [2.75, 3.05) is 32.6 Å². The van der Waals surface area contributed by atoms with Gasteiger partial charge in [0.05, 0.1) is 0 Å². The van der Waals surface area contributed by atoms with Gasteiger partial charge in [0, 0.05) is 32.1 Å². The molecule has 0 radical (unpaired) electrons. The third-order valence-electron chi connectivity index (χ3n) is 3.07. The van der Waals surface area contributed by atoms with E-state index in [0.29, 0.717) is 6.04 Å². The van der Waals surface area contributed by atoms with Crippen molar-refractivity contribution < 1.29 is 8.63 Å². The van der Waals surface area contributed by atoms with Gasteiger partial charge in [-0.05, 0) is 19.4 Å². The minimum absolute atomic E-state index is 0.0374. The summed E-state index contributed by atoms with van der Waals surface area (Å²) in [6.45, 7) is 3.83. The number of rotatable bonds is 2. The Labute approximate surface area is 78.1 Å². The van der Waals surface area contributed by atoms with Crippen molar-refractivity contribution >= 4 is 7.27 Å². The largest absolute Gasteiger partial charge is 0.551 e. The highest BCUT2D eigenvalue weighted by Crippen LogP contribution is 2.21. The van der Waals surface area contributed by atoms with Gasteiger partial charge in [0.1, 0.15) is 0 Å². The van der Waals surface area contributed by atoms with Gasteiger partial charge in [-0.3, -0.25) is 13.5 Å². The molecule has 0 amide bonds. The molecule has 2 saturated heterocycles. The van der Waals surface area contributed by atoms with E-state index in [9.17, 15) is 8.63 Å². The van der Waals surface area contributed by atoms with E-state index < -0.39 is 7.27 Å². The second kappa shape index (κ2) is 3.92. The Kier molecular flexibility index (Phi) is 2.84. The Morgan fingerprint density at radius 1 is 1.23 bits per heavy atom. The maximum atomic E-state index is 12.1. The SMILES string of the molecule is FB(F)CN1CCN2CCC[C@H]2C1. The van der Waals surface area contributed by atoms with E-state index in [1.807, 2.05) is 4.90 Å². The first-order valence-corrected chi connectivity index (χ1v) is 5.00. The molecule has 0 saturated carbocycles. The highest BCUT2D eigenvalue weighted by molar-refractivity contribution is 6.42. The number of piperazine rings is 1. The van der Waals surface area contributed by atoms with E-state index in [4.69, 9.17) is 0 Å². The number of fused-ring (bicyclic) bond motifs is 1. The van der Waals surface area contributed by atoms with E-state index in [1.54, 1.807) is 0 Å². The molecule has 0 aromatic heterocycles. The van der Waals surface area contributed by atoms with Crippen molar-refractivity contribution in [3.05, 3.63) is 0 Å². The van der Waals surface area contributed by atoms with Crippen molar-refractivity contribution in [2.45, 2.75) is 18.9 Å². The van der Waals surface area contributed by atoms with E-state index in [1.165, 1.54) is 19.4 Å². The van der Waals surface area contributed by atoms with Crippen LogP contribution in [0.2, 0.25) is 0 Å². The lowest BCUT2D eigenvalue weighted by Crippen LogP contribution is -2.51. The smallest absolute Gasteiger partial charge is 0.302 e. The van der Waals surface area contributed by atoms with E-state index >= 15 is 0 Å². The monoisotopic (exact) mass is 188 g/mol. The van der Waals surface area contributed by atoms with Gasteiger partial charge in [-0.2, -0.15) is 0 Å². The van der Waals surface area contributed by atoms with Gasteiger partial charge >= 0.3 is 7.27 Å². The summed E-state index contributed by atoms with van der Waals surface area (Å²) in [4.78, 5) is 4.33. The van der Waals surface area contributed by atoms with Crippen molar-refractivity contribution in [2.24, 2.45) is 0 Å². The minimum Gasteiger partial charge on any atom is -0.302 e. The third-order valence-corrected chi connectivity index (χ3v) is 3.07. The molecule has 2 nitrogen and oxygen atoms in total. The van der Waals surface area contributed by atoms with Crippen molar-refractivity contribution in [3.63, 3.8) is 0 Å². The Bertz CT molecular complexity index is 180. The maximum absolute atomic E-state index is 12.1. The number of hydrogen-bond donors (Lipinski definition) is 0. The van der Waals surface area contributed by atoms with Gasteiger partial charge in [-0.25, -0.2) is 0 Å². The Morgan fingerprint density at radius 3 is 2.85 bits per heavy atom. The molecule has 2 fully saturated rings. The molecule has 2 heterocycles. The molecule has 0 N–H and O–H groups in total. The molecule has 0 aliphatic carbocycles. The van der Waals surface area contributed by atoms with Crippen LogP contribution in [-0.2, 0) is 0 Å². The Balaban J connectivity index is 1.83. The van der Waals surface area contributed by atoms with Gasteiger partial charge < -0.3 is 4.90 Å². The van der Waals surface area contributed by atoms with Crippen molar-refractivity contribution in [1.82, 2.24) is 9.80 Å². The molecular weight excluding hydrogens is 173 g/mol. The van der Waals surface area contributed by atoms with Gasteiger partial charge in [0.25, 0.3) is 0 Å². The van der Waals surface area contributed by atoms with Gasteiger partial charge in [0.15, 0.2) is 0 Å². The van der Waals surface area contributed by atoms with Crippen LogP contribution < -0.4 is 0 Å². The van der Waals surface area contributed by atoms with E-state index in [-0.39, 0.29) is 6.44 Å². The van der Waals surface area contributed by atoms with Gasteiger partial charge in [-0.15, -0.1) is 0 Å². The molecule has 0 unspecified atom stereocenters.